The van der Waals surface area contributed by atoms with Crippen molar-refractivity contribution < 1.29 is 28.6 Å². The van der Waals surface area contributed by atoms with Gasteiger partial charge in [0.05, 0.1) is 0 Å². The Hall–Kier alpha value is -1.85. The molecule has 0 rings (SSSR count). The Morgan fingerprint density at radius 3 is 0.781 bits per heavy atom. The molecule has 64 heavy (non-hydrogen) atoms. The van der Waals surface area contributed by atoms with Gasteiger partial charge in [-0.05, 0) is 44.9 Å². The maximum atomic E-state index is 12.8. The SMILES string of the molecule is CCCCCCCCCC/C=C\CCCCCCCCCCCCCC(=O)OCC(COC(=O)CCCCCCC)OC(=O)CCCCCCCCCCCCCCCCCCCC. The van der Waals surface area contributed by atoms with E-state index in [1.165, 1.54) is 218 Å². The third kappa shape index (κ3) is 51.1. The third-order valence-electron chi connectivity index (χ3n) is 13.0. The van der Waals surface area contributed by atoms with E-state index in [2.05, 4.69) is 32.9 Å². The monoisotopic (exact) mass is 903 g/mol. The van der Waals surface area contributed by atoms with E-state index in [0.29, 0.717) is 19.3 Å². The normalized spacial score (nSPS) is 12.0. The van der Waals surface area contributed by atoms with Crippen molar-refractivity contribution in [3.63, 3.8) is 0 Å². The lowest BCUT2D eigenvalue weighted by Crippen LogP contribution is -2.30. The Morgan fingerprint density at radius 1 is 0.297 bits per heavy atom. The van der Waals surface area contributed by atoms with Crippen LogP contribution in [0.1, 0.15) is 323 Å². The number of allylic oxidation sites excluding steroid dienone is 2. The summed E-state index contributed by atoms with van der Waals surface area (Å²) in [7, 11) is 0. The molecule has 0 saturated heterocycles. The van der Waals surface area contributed by atoms with Gasteiger partial charge < -0.3 is 14.2 Å². The van der Waals surface area contributed by atoms with Crippen LogP contribution in [0.2, 0.25) is 0 Å². The standard InChI is InChI=1S/C58H110O6/c1-4-7-10-13-15-17-19-21-23-25-27-28-29-30-31-33-34-36-38-40-42-45-48-51-57(60)63-54-55(53-62-56(59)50-47-44-12-9-6-3)64-58(61)52-49-46-43-41-39-37-35-32-26-24-22-20-18-16-14-11-8-5-2/h25,27,55H,4-24,26,28-54H2,1-3H3/b27-25-. The maximum Gasteiger partial charge on any atom is 0.306 e. The van der Waals surface area contributed by atoms with Gasteiger partial charge in [0.15, 0.2) is 6.10 Å². The van der Waals surface area contributed by atoms with E-state index in [1.54, 1.807) is 0 Å². The summed E-state index contributed by atoms with van der Waals surface area (Å²) in [4.78, 5) is 37.8. The molecule has 0 aliphatic carbocycles. The molecular formula is C58H110O6. The molecule has 378 valence electrons. The van der Waals surface area contributed by atoms with Crippen LogP contribution in [0.25, 0.3) is 0 Å². The van der Waals surface area contributed by atoms with E-state index in [9.17, 15) is 14.4 Å². The average Bonchev–Trinajstić information content (AvgIpc) is 3.29. The molecule has 0 aromatic carbocycles. The summed E-state index contributed by atoms with van der Waals surface area (Å²) in [6.07, 6.45) is 61.1. The van der Waals surface area contributed by atoms with Gasteiger partial charge in [-0.25, -0.2) is 0 Å². The zero-order valence-electron chi connectivity index (χ0n) is 43.3. The van der Waals surface area contributed by atoms with E-state index in [-0.39, 0.29) is 31.1 Å². The number of esters is 3. The molecule has 0 fully saturated rings. The minimum Gasteiger partial charge on any atom is -0.462 e. The van der Waals surface area contributed by atoms with Crippen LogP contribution in [0.5, 0.6) is 0 Å². The predicted octanol–water partition coefficient (Wildman–Crippen LogP) is 18.9. The van der Waals surface area contributed by atoms with Gasteiger partial charge >= 0.3 is 17.9 Å². The summed E-state index contributed by atoms with van der Waals surface area (Å²) in [6, 6.07) is 0. The van der Waals surface area contributed by atoms with Crippen molar-refractivity contribution in [2.75, 3.05) is 13.2 Å². The molecule has 6 nitrogen and oxygen atoms in total. The zero-order valence-corrected chi connectivity index (χ0v) is 43.3. The Labute approximate surface area is 399 Å². The van der Waals surface area contributed by atoms with E-state index in [1.807, 2.05) is 0 Å². The van der Waals surface area contributed by atoms with E-state index in [4.69, 9.17) is 14.2 Å². The molecule has 0 radical (unpaired) electrons. The molecule has 0 bridgehead atoms. The Bertz CT molecular complexity index is 993. The number of unbranched alkanes of at least 4 members (excludes halogenated alkanes) is 40. The van der Waals surface area contributed by atoms with Crippen molar-refractivity contribution in [1.29, 1.82) is 0 Å². The fraction of sp³-hybridized carbons (Fsp3) is 0.914. The summed E-state index contributed by atoms with van der Waals surface area (Å²) in [5, 5.41) is 0. The lowest BCUT2D eigenvalue weighted by molar-refractivity contribution is -0.167. The van der Waals surface area contributed by atoms with Crippen LogP contribution in [-0.2, 0) is 28.6 Å². The number of carbonyl (C=O) groups is 3. The van der Waals surface area contributed by atoms with Crippen LogP contribution in [0.3, 0.4) is 0 Å². The van der Waals surface area contributed by atoms with Crippen molar-refractivity contribution in [1.82, 2.24) is 0 Å². The van der Waals surface area contributed by atoms with Gasteiger partial charge in [-0.2, -0.15) is 0 Å². The second-order valence-electron chi connectivity index (χ2n) is 19.6. The number of hydrogen-bond donors (Lipinski definition) is 0. The minimum absolute atomic E-state index is 0.0659. The number of hydrogen-bond acceptors (Lipinski definition) is 6. The van der Waals surface area contributed by atoms with Crippen LogP contribution < -0.4 is 0 Å². The second-order valence-corrected chi connectivity index (χ2v) is 19.6. The Balaban J connectivity index is 4.03. The van der Waals surface area contributed by atoms with Gasteiger partial charge in [0.25, 0.3) is 0 Å². The van der Waals surface area contributed by atoms with Crippen molar-refractivity contribution in [2.45, 2.75) is 329 Å². The quantitative estimate of drug-likeness (QED) is 0.0262. The molecule has 0 N–H and O–H groups in total. The van der Waals surface area contributed by atoms with Crippen molar-refractivity contribution in [3.05, 3.63) is 12.2 Å². The fourth-order valence-electron chi connectivity index (χ4n) is 8.68. The van der Waals surface area contributed by atoms with Crippen LogP contribution in [-0.4, -0.2) is 37.2 Å². The topological polar surface area (TPSA) is 78.9 Å². The summed E-state index contributed by atoms with van der Waals surface area (Å²) >= 11 is 0. The first-order chi connectivity index (χ1) is 31.5. The van der Waals surface area contributed by atoms with Crippen LogP contribution >= 0.6 is 0 Å². The van der Waals surface area contributed by atoms with Gasteiger partial charge in [-0.1, -0.05) is 270 Å². The van der Waals surface area contributed by atoms with E-state index < -0.39 is 6.10 Å². The summed E-state index contributed by atoms with van der Waals surface area (Å²) in [6.45, 7) is 6.61. The highest BCUT2D eigenvalue weighted by atomic mass is 16.6. The van der Waals surface area contributed by atoms with Gasteiger partial charge in [-0.3, -0.25) is 14.4 Å². The van der Waals surface area contributed by atoms with E-state index in [0.717, 1.165) is 64.2 Å². The third-order valence-corrected chi connectivity index (χ3v) is 13.0. The van der Waals surface area contributed by atoms with Crippen LogP contribution in [0, 0.1) is 0 Å². The first-order valence-electron chi connectivity index (χ1n) is 28.7. The molecule has 6 heteroatoms. The molecule has 0 aliphatic heterocycles. The van der Waals surface area contributed by atoms with Gasteiger partial charge in [0, 0.05) is 19.3 Å². The van der Waals surface area contributed by atoms with Gasteiger partial charge in [-0.15, -0.1) is 0 Å². The summed E-state index contributed by atoms with van der Waals surface area (Å²) in [5.74, 6) is -0.860. The minimum atomic E-state index is -0.762. The molecule has 1 atom stereocenters. The lowest BCUT2D eigenvalue weighted by Gasteiger charge is -2.18. The first-order valence-corrected chi connectivity index (χ1v) is 28.7. The largest absolute Gasteiger partial charge is 0.462 e. The number of rotatable bonds is 53. The molecule has 0 amide bonds. The molecular weight excluding hydrogens is 793 g/mol. The number of carbonyl (C=O) groups excluding carboxylic acids is 3. The van der Waals surface area contributed by atoms with Gasteiger partial charge in [0.1, 0.15) is 13.2 Å². The molecule has 0 aromatic heterocycles. The second kappa shape index (κ2) is 53.8. The lowest BCUT2D eigenvalue weighted by atomic mass is 10.0. The Kier molecular flexibility index (Phi) is 52.2. The highest BCUT2D eigenvalue weighted by molar-refractivity contribution is 5.71. The van der Waals surface area contributed by atoms with Gasteiger partial charge in [0.2, 0.25) is 0 Å². The maximum absolute atomic E-state index is 12.8. The average molecular weight is 904 g/mol. The molecule has 0 aliphatic rings. The highest BCUT2D eigenvalue weighted by Crippen LogP contribution is 2.17. The molecule has 0 spiro atoms. The molecule has 0 heterocycles. The number of ether oxygens (including phenoxy) is 3. The molecule has 0 saturated carbocycles. The zero-order chi connectivity index (χ0) is 46.5. The fourth-order valence-corrected chi connectivity index (χ4v) is 8.68. The summed E-state index contributed by atoms with van der Waals surface area (Å²) in [5.41, 5.74) is 0. The van der Waals surface area contributed by atoms with Crippen LogP contribution in [0.15, 0.2) is 12.2 Å². The van der Waals surface area contributed by atoms with Crippen LogP contribution in [0.4, 0.5) is 0 Å². The van der Waals surface area contributed by atoms with Crippen molar-refractivity contribution >= 4 is 17.9 Å². The van der Waals surface area contributed by atoms with Crippen molar-refractivity contribution in [2.24, 2.45) is 0 Å². The molecule has 0 aromatic rings. The summed E-state index contributed by atoms with van der Waals surface area (Å²) < 4.78 is 16.7. The highest BCUT2D eigenvalue weighted by Gasteiger charge is 2.19. The van der Waals surface area contributed by atoms with Crippen molar-refractivity contribution in [3.8, 4) is 0 Å². The first kappa shape index (κ1) is 62.1. The van der Waals surface area contributed by atoms with E-state index >= 15 is 0 Å². The predicted molar refractivity (Wildman–Crippen MR) is 275 cm³/mol. The molecule has 1 unspecified atom stereocenters. The smallest absolute Gasteiger partial charge is 0.306 e. The Morgan fingerprint density at radius 2 is 0.516 bits per heavy atom.